The van der Waals surface area contributed by atoms with Crippen LogP contribution in [0.15, 0.2) is 54.6 Å². The van der Waals surface area contributed by atoms with Gasteiger partial charge in [-0.1, -0.05) is 56.0 Å². The number of anilines is 1. The summed E-state index contributed by atoms with van der Waals surface area (Å²) in [6.07, 6.45) is 0. The van der Waals surface area contributed by atoms with Crippen molar-refractivity contribution in [1.82, 2.24) is 0 Å². The first-order valence-corrected chi connectivity index (χ1v) is 5.19. The third-order valence-corrected chi connectivity index (χ3v) is 2.32. The number of carbonyl (C=O) groups excluding carboxylic acids is 1. The summed E-state index contributed by atoms with van der Waals surface area (Å²) in [5.74, 6) is -0.0524. The highest BCUT2D eigenvalue weighted by Gasteiger charge is 2.04. The fraction of sp³-hybridized carbons (Fsp3) is 0.133. The highest BCUT2D eigenvalue weighted by Crippen LogP contribution is 2.27. The van der Waals surface area contributed by atoms with Gasteiger partial charge in [-0.05, 0) is 11.6 Å². The van der Waals surface area contributed by atoms with Gasteiger partial charge < -0.3 is 5.32 Å². The number of carbonyl (C=O) groups is 1. The van der Waals surface area contributed by atoms with Crippen LogP contribution in [0.3, 0.4) is 0 Å². The Labute approximate surface area is 102 Å². The zero-order valence-corrected chi connectivity index (χ0v) is 9.10. The zero-order chi connectivity index (χ0) is 11.4. The van der Waals surface area contributed by atoms with Crippen LogP contribution in [0.25, 0.3) is 11.1 Å². The Balaban J connectivity index is 0.00000144. The highest BCUT2D eigenvalue weighted by molar-refractivity contribution is 5.94. The van der Waals surface area contributed by atoms with Crippen molar-refractivity contribution in [1.29, 1.82) is 0 Å². The Bertz CT molecular complexity index is 491. The standard InChI is InChI=1S/C14H13NO.CH4/c1-11(16)15-14-10-6-5-9-13(14)12-7-3-2-4-8-12;/h2-10H,1H3,(H,15,16);1H4. The zero-order valence-electron chi connectivity index (χ0n) is 9.10. The molecule has 0 aliphatic carbocycles. The molecule has 0 aliphatic rings. The van der Waals surface area contributed by atoms with E-state index < -0.39 is 0 Å². The quantitative estimate of drug-likeness (QED) is 0.827. The van der Waals surface area contributed by atoms with Gasteiger partial charge in [0, 0.05) is 18.2 Å². The van der Waals surface area contributed by atoms with Crippen molar-refractivity contribution in [3.05, 3.63) is 54.6 Å². The van der Waals surface area contributed by atoms with E-state index in [1.165, 1.54) is 6.92 Å². The lowest BCUT2D eigenvalue weighted by molar-refractivity contribution is -0.114. The predicted octanol–water partition coefficient (Wildman–Crippen LogP) is 3.95. The second-order valence-corrected chi connectivity index (χ2v) is 3.59. The van der Waals surface area contributed by atoms with Crippen LogP contribution < -0.4 is 5.32 Å². The molecule has 88 valence electrons. The number of rotatable bonds is 2. The molecule has 0 bridgehead atoms. The highest BCUT2D eigenvalue weighted by atomic mass is 16.1. The van der Waals surface area contributed by atoms with Gasteiger partial charge in [0.25, 0.3) is 0 Å². The van der Waals surface area contributed by atoms with Gasteiger partial charge in [-0.25, -0.2) is 0 Å². The molecule has 0 unspecified atom stereocenters. The topological polar surface area (TPSA) is 29.1 Å². The molecule has 0 spiro atoms. The van der Waals surface area contributed by atoms with Gasteiger partial charge in [0.15, 0.2) is 0 Å². The molecule has 2 rings (SSSR count). The lowest BCUT2D eigenvalue weighted by atomic mass is 10.0. The van der Waals surface area contributed by atoms with E-state index in [0.29, 0.717) is 0 Å². The van der Waals surface area contributed by atoms with Crippen LogP contribution in [0, 0.1) is 0 Å². The molecule has 2 aromatic carbocycles. The lowest BCUT2D eigenvalue weighted by Gasteiger charge is -2.09. The SMILES string of the molecule is C.CC(=O)Nc1ccccc1-c1ccccc1. The molecule has 2 heteroatoms. The molecule has 0 atom stereocenters. The van der Waals surface area contributed by atoms with E-state index in [0.717, 1.165) is 16.8 Å². The van der Waals surface area contributed by atoms with E-state index >= 15 is 0 Å². The lowest BCUT2D eigenvalue weighted by Crippen LogP contribution is -2.06. The van der Waals surface area contributed by atoms with E-state index in [1.807, 2.05) is 54.6 Å². The molecule has 0 aromatic heterocycles. The molecule has 0 aliphatic heterocycles. The summed E-state index contributed by atoms with van der Waals surface area (Å²) in [5.41, 5.74) is 2.99. The summed E-state index contributed by atoms with van der Waals surface area (Å²) in [5, 5.41) is 2.83. The van der Waals surface area contributed by atoms with Crippen molar-refractivity contribution in [3.63, 3.8) is 0 Å². The summed E-state index contributed by atoms with van der Waals surface area (Å²) in [6.45, 7) is 1.52. The maximum Gasteiger partial charge on any atom is 0.221 e. The molecular weight excluding hydrogens is 210 g/mol. The summed E-state index contributed by atoms with van der Waals surface area (Å²) in [7, 11) is 0. The molecule has 0 fully saturated rings. The molecule has 0 radical (unpaired) electrons. The molecule has 1 amide bonds. The van der Waals surface area contributed by atoms with Gasteiger partial charge in [0.05, 0.1) is 0 Å². The molecule has 2 aromatic rings. The third kappa shape index (κ3) is 3.18. The Morgan fingerprint density at radius 3 is 2.18 bits per heavy atom. The second kappa shape index (κ2) is 5.85. The third-order valence-electron chi connectivity index (χ3n) is 2.32. The summed E-state index contributed by atoms with van der Waals surface area (Å²) < 4.78 is 0. The number of para-hydroxylation sites is 1. The summed E-state index contributed by atoms with van der Waals surface area (Å²) in [4.78, 5) is 11.1. The number of hydrogen-bond acceptors (Lipinski definition) is 1. The molecule has 0 saturated carbocycles. The number of amides is 1. The van der Waals surface area contributed by atoms with Crippen molar-refractivity contribution >= 4 is 11.6 Å². The van der Waals surface area contributed by atoms with Crippen LogP contribution in [0.1, 0.15) is 14.4 Å². The first-order chi connectivity index (χ1) is 7.77. The normalized spacial score (nSPS) is 9.24. The van der Waals surface area contributed by atoms with Gasteiger partial charge in [0.2, 0.25) is 5.91 Å². The fourth-order valence-electron chi connectivity index (χ4n) is 1.65. The number of hydrogen-bond donors (Lipinski definition) is 1. The van der Waals surface area contributed by atoms with Crippen molar-refractivity contribution in [2.75, 3.05) is 5.32 Å². The number of nitrogens with one attached hydrogen (secondary N) is 1. The minimum atomic E-state index is -0.0524. The van der Waals surface area contributed by atoms with Crippen LogP contribution in [-0.4, -0.2) is 5.91 Å². The largest absolute Gasteiger partial charge is 0.326 e. The van der Waals surface area contributed by atoms with Gasteiger partial charge in [-0.15, -0.1) is 0 Å². The van der Waals surface area contributed by atoms with E-state index in [9.17, 15) is 4.79 Å². The van der Waals surface area contributed by atoms with Gasteiger partial charge in [-0.3, -0.25) is 4.79 Å². The molecule has 0 saturated heterocycles. The average molecular weight is 227 g/mol. The van der Waals surface area contributed by atoms with Crippen LogP contribution >= 0.6 is 0 Å². The Morgan fingerprint density at radius 1 is 0.941 bits per heavy atom. The van der Waals surface area contributed by atoms with Gasteiger partial charge in [-0.2, -0.15) is 0 Å². The monoisotopic (exact) mass is 227 g/mol. The van der Waals surface area contributed by atoms with Crippen molar-refractivity contribution < 1.29 is 4.79 Å². The Kier molecular flexibility index (Phi) is 4.46. The van der Waals surface area contributed by atoms with Gasteiger partial charge >= 0.3 is 0 Å². The van der Waals surface area contributed by atoms with E-state index in [4.69, 9.17) is 0 Å². The molecule has 0 heterocycles. The van der Waals surface area contributed by atoms with E-state index in [-0.39, 0.29) is 13.3 Å². The Hall–Kier alpha value is -2.09. The summed E-state index contributed by atoms with van der Waals surface area (Å²) >= 11 is 0. The van der Waals surface area contributed by atoms with E-state index in [1.54, 1.807) is 0 Å². The van der Waals surface area contributed by atoms with Crippen LogP contribution in [0.5, 0.6) is 0 Å². The minimum Gasteiger partial charge on any atom is -0.326 e. The first kappa shape index (κ1) is 13.0. The van der Waals surface area contributed by atoms with Crippen LogP contribution in [-0.2, 0) is 4.79 Å². The fourth-order valence-corrected chi connectivity index (χ4v) is 1.65. The first-order valence-electron chi connectivity index (χ1n) is 5.19. The average Bonchev–Trinajstić information content (AvgIpc) is 2.30. The smallest absolute Gasteiger partial charge is 0.221 e. The van der Waals surface area contributed by atoms with E-state index in [2.05, 4.69) is 5.32 Å². The second-order valence-electron chi connectivity index (χ2n) is 3.59. The maximum absolute atomic E-state index is 11.1. The number of benzene rings is 2. The van der Waals surface area contributed by atoms with Crippen molar-refractivity contribution in [2.45, 2.75) is 14.4 Å². The molecule has 1 N–H and O–H groups in total. The summed E-state index contributed by atoms with van der Waals surface area (Å²) in [6, 6.07) is 17.8. The minimum absolute atomic E-state index is 0. The molecular formula is C15H17NO. The van der Waals surface area contributed by atoms with Crippen molar-refractivity contribution in [3.8, 4) is 11.1 Å². The van der Waals surface area contributed by atoms with Crippen molar-refractivity contribution in [2.24, 2.45) is 0 Å². The molecule has 2 nitrogen and oxygen atoms in total. The maximum atomic E-state index is 11.1. The molecule has 17 heavy (non-hydrogen) atoms. The Morgan fingerprint density at radius 2 is 1.53 bits per heavy atom. The van der Waals surface area contributed by atoms with Crippen LogP contribution in [0.4, 0.5) is 5.69 Å². The van der Waals surface area contributed by atoms with Gasteiger partial charge in [0.1, 0.15) is 0 Å². The predicted molar refractivity (Wildman–Crippen MR) is 72.9 cm³/mol. The van der Waals surface area contributed by atoms with Crippen LogP contribution in [0.2, 0.25) is 0 Å².